The Morgan fingerprint density at radius 2 is 1.86 bits per heavy atom. The number of carbonyl (C=O) groups is 1. The molecule has 230 valence electrons. The molecular weight excluding hydrogens is 590 g/mol. The Labute approximate surface area is 251 Å². The molecule has 9 nitrogen and oxygen atoms in total. The zero-order valence-corrected chi connectivity index (χ0v) is 24.4. The first-order valence-electron chi connectivity index (χ1n) is 14.5. The molecule has 0 N–H and O–H groups in total. The number of ether oxygens (including phenoxy) is 1. The van der Waals surface area contributed by atoms with Crippen molar-refractivity contribution in [3.05, 3.63) is 58.6 Å². The average molecular weight is 622 g/mol. The van der Waals surface area contributed by atoms with Gasteiger partial charge in [-0.15, -0.1) is 5.10 Å². The van der Waals surface area contributed by atoms with Gasteiger partial charge in [0.15, 0.2) is 0 Å². The number of hydrogen-bond acceptors (Lipinski definition) is 7. The normalized spacial score (nSPS) is 22.4. The Morgan fingerprint density at radius 3 is 2.56 bits per heavy atom. The number of nitrogens with zero attached hydrogens (tertiary/aromatic N) is 7. The Kier molecular flexibility index (Phi) is 8.18. The molecular formula is C29H32ClF4N7O2. The third kappa shape index (κ3) is 6.56. The van der Waals surface area contributed by atoms with Crippen molar-refractivity contribution in [2.75, 3.05) is 31.1 Å². The van der Waals surface area contributed by atoms with Gasteiger partial charge >= 0.3 is 6.18 Å². The van der Waals surface area contributed by atoms with E-state index in [0.717, 1.165) is 38.3 Å². The van der Waals surface area contributed by atoms with Crippen molar-refractivity contribution in [1.29, 1.82) is 0 Å². The fourth-order valence-corrected chi connectivity index (χ4v) is 6.45. The van der Waals surface area contributed by atoms with Gasteiger partial charge in [0.1, 0.15) is 17.4 Å². The van der Waals surface area contributed by atoms with E-state index in [1.165, 1.54) is 28.1 Å². The third-order valence-corrected chi connectivity index (χ3v) is 9.00. The lowest BCUT2D eigenvalue weighted by atomic mass is 9.90. The monoisotopic (exact) mass is 621 g/mol. The summed E-state index contributed by atoms with van der Waals surface area (Å²) in [4.78, 5) is 28.8. The molecule has 14 heteroatoms. The quantitative estimate of drug-likeness (QED) is 0.314. The lowest BCUT2D eigenvalue weighted by Gasteiger charge is -2.33. The zero-order chi connectivity index (χ0) is 30.3. The van der Waals surface area contributed by atoms with Crippen LogP contribution >= 0.6 is 11.6 Å². The maximum Gasteiger partial charge on any atom is 0.453 e. The maximum atomic E-state index is 14.9. The van der Waals surface area contributed by atoms with Gasteiger partial charge in [0.05, 0.1) is 43.0 Å². The summed E-state index contributed by atoms with van der Waals surface area (Å²) in [7, 11) is 0. The van der Waals surface area contributed by atoms with E-state index < -0.39 is 29.8 Å². The maximum absolute atomic E-state index is 14.9. The minimum Gasteiger partial charge on any atom is -0.493 e. The molecule has 43 heavy (non-hydrogen) atoms. The van der Waals surface area contributed by atoms with Crippen LogP contribution < -0.4 is 9.64 Å². The first kappa shape index (κ1) is 29.6. The van der Waals surface area contributed by atoms with Gasteiger partial charge in [0.25, 0.3) is 5.82 Å². The van der Waals surface area contributed by atoms with Gasteiger partial charge in [-0.3, -0.25) is 4.79 Å². The van der Waals surface area contributed by atoms with Gasteiger partial charge in [-0.05, 0) is 62.0 Å². The fraction of sp³-hybridized carbons (Fsp3) is 0.552. The molecule has 3 aromatic rings. The summed E-state index contributed by atoms with van der Waals surface area (Å²) in [5.74, 6) is 0.978. The highest BCUT2D eigenvalue weighted by Gasteiger charge is 2.43. The first-order valence-corrected chi connectivity index (χ1v) is 14.9. The number of anilines is 1. The van der Waals surface area contributed by atoms with Crippen LogP contribution in [0.2, 0.25) is 5.02 Å². The van der Waals surface area contributed by atoms with E-state index >= 15 is 0 Å². The second kappa shape index (κ2) is 11.9. The third-order valence-electron chi connectivity index (χ3n) is 8.80. The standard InChI is InChI=1S/C29H32ClF4N7O2/c1-17-26-37-27(29(32,33)34)38-41(26)10-9-40(17)25(42)13-20-2-3-22(14-24(20)31)43-11-6-19-12-23(19)18-4-7-39(8-5-18)28-35-15-21(30)16-36-28/h2-3,14-19,23H,4-13H2,1H3. The Morgan fingerprint density at radius 1 is 1.12 bits per heavy atom. The minimum atomic E-state index is -4.67. The molecule has 0 spiro atoms. The molecule has 4 heterocycles. The van der Waals surface area contributed by atoms with Crippen LogP contribution in [0.5, 0.6) is 5.75 Å². The van der Waals surface area contributed by atoms with Gasteiger partial charge in [-0.25, -0.2) is 24.0 Å². The summed E-state index contributed by atoms with van der Waals surface area (Å²) in [5, 5.41) is 4.05. The summed E-state index contributed by atoms with van der Waals surface area (Å²) in [6.45, 7) is 4.18. The Balaban J connectivity index is 0.946. The summed E-state index contributed by atoms with van der Waals surface area (Å²) in [6, 6.07) is 3.75. The van der Waals surface area contributed by atoms with E-state index in [2.05, 4.69) is 25.0 Å². The summed E-state index contributed by atoms with van der Waals surface area (Å²) >= 11 is 5.89. The van der Waals surface area contributed by atoms with E-state index in [1.54, 1.807) is 25.4 Å². The van der Waals surface area contributed by atoms with Crippen molar-refractivity contribution < 1.29 is 27.1 Å². The predicted molar refractivity (Wildman–Crippen MR) is 149 cm³/mol. The second-order valence-electron chi connectivity index (χ2n) is 11.5. The van der Waals surface area contributed by atoms with Crippen molar-refractivity contribution >= 4 is 23.5 Å². The van der Waals surface area contributed by atoms with E-state index in [4.69, 9.17) is 16.3 Å². The number of hydrogen-bond donors (Lipinski definition) is 0. The lowest BCUT2D eigenvalue weighted by molar-refractivity contribution is -0.145. The van der Waals surface area contributed by atoms with Crippen molar-refractivity contribution in [3.63, 3.8) is 0 Å². The van der Waals surface area contributed by atoms with Crippen LogP contribution in [-0.4, -0.2) is 61.8 Å². The van der Waals surface area contributed by atoms with Crippen LogP contribution in [0.15, 0.2) is 30.6 Å². The van der Waals surface area contributed by atoms with Gasteiger partial charge in [-0.1, -0.05) is 17.7 Å². The van der Waals surface area contributed by atoms with Crippen LogP contribution in [0.25, 0.3) is 0 Å². The Bertz CT molecular complexity index is 1460. The Hall–Kier alpha value is -3.48. The highest BCUT2D eigenvalue weighted by Crippen LogP contribution is 2.50. The molecule has 1 amide bonds. The largest absolute Gasteiger partial charge is 0.493 e. The summed E-state index contributed by atoms with van der Waals surface area (Å²) < 4.78 is 61.0. The SMILES string of the molecule is CC1c2nc(C(F)(F)F)nn2CCN1C(=O)Cc1ccc(OCCC2CC2C2CCN(c3ncc(Cl)cn3)CC2)cc1F. The molecule has 6 rings (SSSR count). The van der Waals surface area contributed by atoms with Crippen LogP contribution in [0.3, 0.4) is 0 Å². The minimum absolute atomic E-state index is 0.0621. The topological polar surface area (TPSA) is 89.3 Å². The second-order valence-corrected chi connectivity index (χ2v) is 12.0. The lowest BCUT2D eigenvalue weighted by Crippen LogP contribution is -2.42. The number of fused-ring (bicyclic) bond motifs is 1. The zero-order valence-electron chi connectivity index (χ0n) is 23.6. The number of halogens is 5. The number of piperidine rings is 1. The van der Waals surface area contributed by atoms with Crippen LogP contribution in [0.4, 0.5) is 23.5 Å². The van der Waals surface area contributed by atoms with E-state index in [9.17, 15) is 22.4 Å². The number of amides is 1. The molecule has 0 bridgehead atoms. The van der Waals surface area contributed by atoms with Gasteiger partial charge < -0.3 is 14.5 Å². The van der Waals surface area contributed by atoms with Crippen LogP contribution in [0.1, 0.15) is 55.9 Å². The summed E-state index contributed by atoms with van der Waals surface area (Å²) in [6.07, 6.45) is 2.65. The predicted octanol–water partition coefficient (Wildman–Crippen LogP) is 5.35. The number of alkyl halides is 3. The highest BCUT2D eigenvalue weighted by atomic mass is 35.5. The molecule has 3 atom stereocenters. The van der Waals surface area contributed by atoms with Crippen molar-refractivity contribution in [2.24, 2.45) is 17.8 Å². The summed E-state index contributed by atoms with van der Waals surface area (Å²) in [5.41, 5.74) is 0.199. The van der Waals surface area contributed by atoms with E-state index in [0.29, 0.717) is 35.1 Å². The first-order chi connectivity index (χ1) is 20.6. The van der Waals surface area contributed by atoms with Gasteiger partial charge in [-0.2, -0.15) is 13.2 Å². The molecule has 2 aliphatic heterocycles. The molecule has 3 unspecified atom stereocenters. The fourth-order valence-electron chi connectivity index (χ4n) is 6.35. The molecule has 0 radical (unpaired) electrons. The van der Waals surface area contributed by atoms with Crippen molar-refractivity contribution in [2.45, 2.75) is 57.8 Å². The number of rotatable bonds is 8. The van der Waals surface area contributed by atoms with Gasteiger partial charge in [0, 0.05) is 25.7 Å². The molecule has 1 aliphatic carbocycles. The van der Waals surface area contributed by atoms with E-state index in [1.807, 2.05) is 0 Å². The number of benzene rings is 1. The smallest absolute Gasteiger partial charge is 0.453 e. The van der Waals surface area contributed by atoms with Crippen molar-refractivity contribution in [3.8, 4) is 5.75 Å². The molecule has 1 saturated heterocycles. The molecule has 1 saturated carbocycles. The molecule has 2 aromatic heterocycles. The number of aromatic nitrogens is 5. The average Bonchev–Trinajstić information content (AvgIpc) is 3.60. The van der Waals surface area contributed by atoms with Crippen LogP contribution in [0, 0.1) is 23.6 Å². The number of carbonyl (C=O) groups excluding carboxylic acids is 1. The van der Waals surface area contributed by atoms with Crippen molar-refractivity contribution in [1.82, 2.24) is 29.6 Å². The molecule has 1 aromatic carbocycles. The molecule has 2 fully saturated rings. The van der Waals surface area contributed by atoms with E-state index in [-0.39, 0.29) is 30.9 Å². The molecule has 3 aliphatic rings. The van der Waals surface area contributed by atoms with Crippen LogP contribution in [-0.2, 0) is 23.9 Å². The highest BCUT2D eigenvalue weighted by molar-refractivity contribution is 6.30. The van der Waals surface area contributed by atoms with Gasteiger partial charge in [0.2, 0.25) is 11.9 Å².